The highest BCUT2D eigenvalue weighted by Crippen LogP contribution is 2.13. The molecule has 0 bridgehead atoms. The van der Waals surface area contributed by atoms with Gasteiger partial charge in [-0.1, -0.05) is 18.2 Å². The van der Waals surface area contributed by atoms with E-state index in [0.717, 1.165) is 11.0 Å². The Morgan fingerprint density at radius 3 is 2.64 bits per heavy atom. The smallest absolute Gasteiger partial charge is 0.247 e. The molecule has 138 valence electrons. The minimum absolute atomic E-state index is 0.0532. The number of aromatic nitrogens is 4. The summed E-state index contributed by atoms with van der Waals surface area (Å²) in [4.78, 5) is 36.0. The number of fused-ring (bicyclic) bond motifs is 1. The molecule has 3 heterocycles. The van der Waals surface area contributed by atoms with Crippen molar-refractivity contribution in [2.45, 2.75) is 6.42 Å². The van der Waals surface area contributed by atoms with Gasteiger partial charge in [0.15, 0.2) is 0 Å². The number of nitrogens with zero attached hydrogens (tertiary/aromatic N) is 3. The minimum Gasteiger partial charge on any atom is -0.342 e. The molecular formula is C20H16N6O2. The molecule has 0 saturated heterocycles. The Labute approximate surface area is 159 Å². The number of hydrogen-bond acceptors (Lipinski definition) is 5. The van der Waals surface area contributed by atoms with Crippen LogP contribution in [0.4, 0.5) is 5.69 Å². The zero-order valence-corrected chi connectivity index (χ0v) is 14.7. The molecule has 8 nitrogen and oxygen atoms in total. The van der Waals surface area contributed by atoms with Crippen molar-refractivity contribution < 1.29 is 4.79 Å². The maximum atomic E-state index is 12.0. The number of nitrogens with one attached hydrogen (secondary N) is 3. The molecule has 0 aliphatic heterocycles. The number of amides is 1. The van der Waals surface area contributed by atoms with E-state index in [1.165, 1.54) is 18.5 Å². The number of nitriles is 1. The van der Waals surface area contributed by atoms with E-state index in [9.17, 15) is 9.59 Å². The molecule has 0 aliphatic rings. The summed E-state index contributed by atoms with van der Waals surface area (Å²) in [6, 6.07) is 16.1. The normalized spacial score (nSPS) is 9.82. The third-order valence-corrected chi connectivity index (χ3v) is 3.66. The quantitative estimate of drug-likeness (QED) is 0.509. The number of imidazole rings is 1. The number of benzene rings is 1. The number of rotatable bonds is 3. The van der Waals surface area contributed by atoms with Gasteiger partial charge in [0.1, 0.15) is 11.9 Å². The van der Waals surface area contributed by atoms with E-state index in [0.29, 0.717) is 17.1 Å². The van der Waals surface area contributed by atoms with Crippen LogP contribution in [0.5, 0.6) is 0 Å². The largest absolute Gasteiger partial charge is 0.342 e. The lowest BCUT2D eigenvalue weighted by Crippen LogP contribution is -2.16. The molecule has 4 rings (SSSR count). The van der Waals surface area contributed by atoms with E-state index in [2.05, 4.69) is 25.3 Å². The van der Waals surface area contributed by atoms with Gasteiger partial charge in [-0.25, -0.2) is 4.98 Å². The Balaban J connectivity index is 0.000000271. The van der Waals surface area contributed by atoms with Gasteiger partial charge in [-0.05, 0) is 24.3 Å². The van der Waals surface area contributed by atoms with Gasteiger partial charge in [-0.15, -0.1) is 0 Å². The van der Waals surface area contributed by atoms with Gasteiger partial charge in [0.2, 0.25) is 11.5 Å². The Morgan fingerprint density at radius 2 is 1.96 bits per heavy atom. The number of aromatic amines is 2. The molecule has 0 fully saturated rings. The van der Waals surface area contributed by atoms with E-state index in [1.54, 1.807) is 24.4 Å². The first-order valence-electron chi connectivity index (χ1n) is 8.37. The molecule has 28 heavy (non-hydrogen) atoms. The van der Waals surface area contributed by atoms with Crippen molar-refractivity contribution in [1.29, 1.82) is 5.26 Å². The average Bonchev–Trinajstić information content (AvgIpc) is 3.11. The van der Waals surface area contributed by atoms with Crippen molar-refractivity contribution in [3.63, 3.8) is 0 Å². The minimum atomic E-state index is -0.251. The molecule has 1 aromatic carbocycles. The number of pyridine rings is 2. The number of H-pyrrole nitrogens is 2. The summed E-state index contributed by atoms with van der Waals surface area (Å²) in [6.07, 6.45) is 4.67. The Bertz CT molecular complexity index is 1140. The highest BCUT2D eigenvalue weighted by molar-refractivity contribution is 5.93. The first kappa shape index (κ1) is 18.5. The monoisotopic (exact) mass is 372 g/mol. The molecule has 3 N–H and O–H groups in total. The van der Waals surface area contributed by atoms with Crippen LogP contribution < -0.4 is 10.9 Å². The van der Waals surface area contributed by atoms with Crippen molar-refractivity contribution >= 4 is 22.6 Å². The predicted octanol–water partition coefficient (Wildman–Crippen LogP) is 2.39. The molecule has 1 amide bonds. The molecule has 8 heteroatoms. The molecule has 3 aromatic heterocycles. The maximum absolute atomic E-state index is 12.0. The molecule has 0 unspecified atom stereocenters. The maximum Gasteiger partial charge on any atom is 0.247 e. The topological polar surface area (TPSA) is 127 Å². The fraction of sp³-hybridized carbons (Fsp3) is 0.0500. The van der Waals surface area contributed by atoms with Crippen LogP contribution in [-0.4, -0.2) is 25.8 Å². The van der Waals surface area contributed by atoms with E-state index < -0.39 is 0 Å². The lowest BCUT2D eigenvalue weighted by molar-refractivity contribution is -0.115. The second-order valence-electron chi connectivity index (χ2n) is 5.69. The number of para-hydroxylation sites is 2. The molecular weight excluding hydrogens is 356 g/mol. The Hall–Kier alpha value is -4.25. The Morgan fingerprint density at radius 1 is 1.14 bits per heavy atom. The van der Waals surface area contributed by atoms with Crippen LogP contribution in [-0.2, 0) is 11.2 Å². The van der Waals surface area contributed by atoms with E-state index in [1.807, 2.05) is 30.3 Å². The van der Waals surface area contributed by atoms with Crippen LogP contribution in [0.25, 0.3) is 11.0 Å². The third kappa shape index (κ3) is 4.89. The lowest BCUT2D eigenvalue weighted by Gasteiger charge is -2.04. The van der Waals surface area contributed by atoms with Gasteiger partial charge in [0.25, 0.3) is 0 Å². The second kappa shape index (κ2) is 8.91. The number of carbonyl (C=O) groups excluding carboxylic acids is 1. The van der Waals surface area contributed by atoms with Crippen LogP contribution in [0.15, 0.2) is 71.9 Å². The third-order valence-electron chi connectivity index (χ3n) is 3.66. The molecule has 0 atom stereocenters. The van der Waals surface area contributed by atoms with Gasteiger partial charge < -0.3 is 15.3 Å². The summed E-state index contributed by atoms with van der Waals surface area (Å²) in [5, 5.41) is 11.6. The zero-order chi connectivity index (χ0) is 19.8. The van der Waals surface area contributed by atoms with Crippen LogP contribution >= 0.6 is 0 Å². The van der Waals surface area contributed by atoms with Crippen molar-refractivity contribution in [2.75, 3.05) is 5.32 Å². The predicted molar refractivity (Wildman–Crippen MR) is 104 cm³/mol. The SMILES string of the molecule is N#Cc1ccncc1NC(=O)Cc1nc2ccccc2[nH]1.O=c1cccc[nH]1. The highest BCUT2D eigenvalue weighted by Gasteiger charge is 2.10. The number of hydrogen-bond donors (Lipinski definition) is 3. The van der Waals surface area contributed by atoms with Gasteiger partial charge in [-0.2, -0.15) is 5.26 Å². The van der Waals surface area contributed by atoms with Crippen molar-refractivity contribution in [3.05, 3.63) is 88.9 Å². The van der Waals surface area contributed by atoms with Gasteiger partial charge in [-0.3, -0.25) is 14.6 Å². The fourth-order valence-electron chi connectivity index (χ4n) is 2.40. The van der Waals surface area contributed by atoms with Gasteiger partial charge >= 0.3 is 0 Å². The van der Waals surface area contributed by atoms with Crippen LogP contribution in [0.2, 0.25) is 0 Å². The van der Waals surface area contributed by atoms with E-state index in [-0.39, 0.29) is 17.9 Å². The highest BCUT2D eigenvalue weighted by atomic mass is 16.1. The Kier molecular flexibility index (Phi) is 5.90. The molecule has 0 aliphatic carbocycles. The van der Waals surface area contributed by atoms with E-state index >= 15 is 0 Å². The summed E-state index contributed by atoms with van der Waals surface area (Å²) in [7, 11) is 0. The summed E-state index contributed by atoms with van der Waals surface area (Å²) in [5.41, 5.74) is 2.44. The zero-order valence-electron chi connectivity index (χ0n) is 14.7. The molecule has 0 spiro atoms. The van der Waals surface area contributed by atoms with E-state index in [4.69, 9.17) is 5.26 Å². The first-order chi connectivity index (χ1) is 13.7. The summed E-state index contributed by atoms with van der Waals surface area (Å²) in [6.45, 7) is 0. The van der Waals surface area contributed by atoms with Crippen LogP contribution in [0.3, 0.4) is 0 Å². The number of carbonyl (C=O) groups is 1. The van der Waals surface area contributed by atoms with Crippen molar-refractivity contribution in [1.82, 2.24) is 19.9 Å². The molecule has 4 aromatic rings. The van der Waals surface area contributed by atoms with Crippen molar-refractivity contribution in [2.24, 2.45) is 0 Å². The second-order valence-corrected chi connectivity index (χ2v) is 5.69. The summed E-state index contributed by atoms with van der Waals surface area (Å²) in [5.74, 6) is 0.328. The van der Waals surface area contributed by atoms with Crippen LogP contribution in [0.1, 0.15) is 11.4 Å². The van der Waals surface area contributed by atoms with Gasteiger partial charge in [0.05, 0.1) is 34.9 Å². The van der Waals surface area contributed by atoms with Crippen LogP contribution in [0, 0.1) is 11.3 Å². The average molecular weight is 372 g/mol. The standard InChI is InChI=1S/C15H11N5O.C5H5NO/c16-8-10-5-6-17-9-13(10)20-15(21)7-14-18-11-3-1-2-4-12(11)19-14;7-5-3-1-2-4-6-5/h1-6,9H,7H2,(H,18,19)(H,20,21);1-4H,(H,6,7). The molecule has 0 saturated carbocycles. The van der Waals surface area contributed by atoms with Crippen molar-refractivity contribution in [3.8, 4) is 6.07 Å². The fourth-order valence-corrected chi connectivity index (χ4v) is 2.40. The van der Waals surface area contributed by atoms with Gasteiger partial charge in [0, 0.05) is 18.5 Å². The summed E-state index contributed by atoms with van der Waals surface area (Å²) >= 11 is 0. The summed E-state index contributed by atoms with van der Waals surface area (Å²) < 4.78 is 0. The first-order valence-corrected chi connectivity index (χ1v) is 8.37. The lowest BCUT2D eigenvalue weighted by atomic mass is 10.2. The number of anilines is 1. The molecule has 0 radical (unpaired) electrons.